The van der Waals surface area contributed by atoms with E-state index in [1.54, 1.807) is 30.3 Å². The first-order valence-corrected chi connectivity index (χ1v) is 7.19. The van der Waals surface area contributed by atoms with Gasteiger partial charge in [-0.05, 0) is 68.9 Å². The first-order valence-electron chi connectivity index (χ1n) is 4.94. The molecule has 1 aromatic heterocycles. The Morgan fingerprint density at radius 2 is 2.11 bits per heavy atom. The van der Waals surface area contributed by atoms with Crippen LogP contribution in [-0.4, -0.2) is 10.9 Å². The molecule has 2 aromatic rings. The molecule has 0 aliphatic carbocycles. The van der Waals surface area contributed by atoms with Crippen LogP contribution in [-0.2, 0) is 0 Å². The number of carbonyl (C=O) groups excluding carboxylic acids is 1. The lowest BCUT2D eigenvalue weighted by molar-refractivity contribution is 0.102. The molecule has 0 unspecified atom stereocenters. The van der Waals surface area contributed by atoms with Crippen molar-refractivity contribution in [2.75, 3.05) is 5.32 Å². The van der Waals surface area contributed by atoms with Crippen molar-refractivity contribution >= 4 is 61.7 Å². The fourth-order valence-corrected chi connectivity index (χ4v) is 2.54. The number of halogens is 3. The average Bonchev–Trinajstić information content (AvgIpc) is 2.33. The fraction of sp³-hybridized carbons (Fsp3) is 0. The second-order valence-electron chi connectivity index (χ2n) is 3.45. The zero-order valence-electron chi connectivity index (χ0n) is 8.95. The maximum Gasteiger partial charge on any atom is 0.257 e. The van der Waals surface area contributed by atoms with Gasteiger partial charge in [-0.2, -0.15) is 0 Å². The number of anilines is 1. The lowest BCUT2D eigenvalue weighted by atomic mass is 10.2. The number of pyridine rings is 1. The van der Waals surface area contributed by atoms with Crippen molar-refractivity contribution in [3.8, 4) is 0 Å². The molecule has 1 amide bonds. The van der Waals surface area contributed by atoms with Gasteiger partial charge in [-0.3, -0.25) is 4.79 Å². The molecule has 18 heavy (non-hydrogen) atoms. The normalized spacial score (nSPS) is 10.2. The monoisotopic (exact) mass is 436 g/mol. The summed E-state index contributed by atoms with van der Waals surface area (Å²) in [5.41, 5.74) is 1.23. The van der Waals surface area contributed by atoms with Gasteiger partial charge in [0.25, 0.3) is 5.91 Å². The molecule has 0 radical (unpaired) electrons. The molecular weight excluding hydrogens is 430 g/mol. The fourth-order valence-electron chi connectivity index (χ4n) is 1.30. The first kappa shape index (κ1) is 13.8. The second-order valence-corrected chi connectivity index (χ2v) is 5.86. The summed E-state index contributed by atoms with van der Waals surface area (Å²) in [5, 5.41) is 3.45. The van der Waals surface area contributed by atoms with Crippen molar-refractivity contribution in [3.63, 3.8) is 0 Å². The van der Waals surface area contributed by atoms with Gasteiger partial charge >= 0.3 is 0 Å². The Morgan fingerprint density at radius 1 is 1.33 bits per heavy atom. The van der Waals surface area contributed by atoms with Crippen LogP contribution in [0.3, 0.4) is 0 Å². The minimum Gasteiger partial charge on any atom is -0.321 e. The van der Waals surface area contributed by atoms with E-state index in [9.17, 15) is 4.79 Å². The predicted octanol–water partition coefficient (Wildman–Crippen LogP) is 4.35. The Balaban J connectivity index is 2.18. The van der Waals surface area contributed by atoms with Crippen LogP contribution >= 0.6 is 50.1 Å². The van der Waals surface area contributed by atoms with E-state index in [0.29, 0.717) is 15.2 Å². The van der Waals surface area contributed by atoms with Crippen LogP contribution in [0.1, 0.15) is 10.4 Å². The van der Waals surface area contributed by atoms with E-state index < -0.39 is 0 Å². The molecule has 0 atom stereocenters. The highest BCUT2D eigenvalue weighted by Crippen LogP contribution is 2.22. The molecule has 0 saturated heterocycles. The van der Waals surface area contributed by atoms with Crippen LogP contribution in [0.4, 0.5) is 5.69 Å². The molecule has 0 saturated carbocycles. The van der Waals surface area contributed by atoms with Crippen molar-refractivity contribution in [2.24, 2.45) is 0 Å². The third kappa shape index (κ3) is 3.43. The zero-order valence-corrected chi connectivity index (χ0v) is 13.5. The molecule has 0 spiro atoms. The molecule has 0 aliphatic heterocycles. The molecule has 0 bridgehead atoms. The maximum absolute atomic E-state index is 12.0. The number of rotatable bonds is 2. The van der Waals surface area contributed by atoms with E-state index in [4.69, 9.17) is 11.6 Å². The number of benzene rings is 1. The average molecular weight is 437 g/mol. The summed E-state index contributed by atoms with van der Waals surface area (Å²) in [6.07, 6.45) is 1.52. The number of aromatic nitrogens is 1. The number of hydrogen-bond acceptors (Lipinski definition) is 2. The second kappa shape index (κ2) is 5.99. The summed E-state index contributed by atoms with van der Waals surface area (Å²) in [7, 11) is 0. The highest BCUT2D eigenvalue weighted by molar-refractivity contribution is 14.1. The van der Waals surface area contributed by atoms with Crippen molar-refractivity contribution in [2.45, 2.75) is 0 Å². The quantitative estimate of drug-likeness (QED) is 0.561. The maximum atomic E-state index is 12.0. The Labute approximate surface area is 131 Å². The Kier molecular flexibility index (Phi) is 4.58. The molecule has 6 heteroatoms. The lowest BCUT2D eigenvalue weighted by Crippen LogP contribution is -2.12. The van der Waals surface area contributed by atoms with E-state index in [1.165, 1.54) is 6.20 Å². The summed E-state index contributed by atoms with van der Waals surface area (Å²) in [6, 6.07) is 8.72. The molecule has 2 rings (SSSR count). The molecule has 1 heterocycles. The van der Waals surface area contributed by atoms with Gasteiger partial charge < -0.3 is 5.32 Å². The molecule has 0 aliphatic rings. The molecule has 92 valence electrons. The van der Waals surface area contributed by atoms with Gasteiger partial charge in [0.05, 0.1) is 11.3 Å². The minimum absolute atomic E-state index is 0.199. The topological polar surface area (TPSA) is 42.0 Å². The van der Waals surface area contributed by atoms with Crippen LogP contribution in [0, 0.1) is 3.57 Å². The molecule has 1 N–H and O–H groups in total. The van der Waals surface area contributed by atoms with Crippen LogP contribution in [0.25, 0.3) is 0 Å². The van der Waals surface area contributed by atoms with Crippen LogP contribution in [0.5, 0.6) is 0 Å². The summed E-state index contributed by atoms with van der Waals surface area (Å²) in [4.78, 5) is 16.0. The van der Waals surface area contributed by atoms with E-state index in [0.717, 1.165) is 9.26 Å². The van der Waals surface area contributed by atoms with Gasteiger partial charge in [0.15, 0.2) is 0 Å². The van der Waals surface area contributed by atoms with Gasteiger partial charge in [-0.1, -0.05) is 11.6 Å². The first-order chi connectivity index (χ1) is 8.56. The SMILES string of the molecule is O=C(Nc1ccc(Cl)cc1I)c1ccc(Br)nc1. The van der Waals surface area contributed by atoms with Gasteiger partial charge in [-0.25, -0.2) is 4.98 Å². The van der Waals surface area contributed by atoms with Crippen LogP contribution in [0.2, 0.25) is 5.02 Å². The zero-order chi connectivity index (χ0) is 13.1. The Hall–Kier alpha value is -0.660. The number of amides is 1. The highest BCUT2D eigenvalue weighted by Gasteiger charge is 2.08. The smallest absolute Gasteiger partial charge is 0.257 e. The van der Waals surface area contributed by atoms with Crippen molar-refractivity contribution in [3.05, 3.63) is 55.3 Å². The molecular formula is C12H7BrClIN2O. The summed E-state index contributed by atoms with van der Waals surface area (Å²) in [5.74, 6) is -0.199. The highest BCUT2D eigenvalue weighted by atomic mass is 127. The van der Waals surface area contributed by atoms with Gasteiger partial charge in [-0.15, -0.1) is 0 Å². The largest absolute Gasteiger partial charge is 0.321 e. The molecule has 0 fully saturated rings. The Bertz CT molecular complexity index is 589. The summed E-state index contributed by atoms with van der Waals surface area (Å²) >= 11 is 11.2. The molecule has 3 nitrogen and oxygen atoms in total. The standard InChI is InChI=1S/C12H7BrClIN2O/c13-11-4-1-7(6-16-11)12(18)17-10-3-2-8(14)5-9(10)15/h1-6H,(H,17,18). The van der Waals surface area contributed by atoms with Gasteiger partial charge in [0.2, 0.25) is 0 Å². The van der Waals surface area contributed by atoms with Gasteiger partial charge in [0, 0.05) is 14.8 Å². The summed E-state index contributed by atoms with van der Waals surface area (Å²) < 4.78 is 1.58. The van der Waals surface area contributed by atoms with Crippen LogP contribution < -0.4 is 5.32 Å². The molecule has 1 aromatic carbocycles. The van der Waals surface area contributed by atoms with E-state index in [-0.39, 0.29) is 5.91 Å². The third-order valence-corrected chi connectivity index (χ3v) is 3.77. The lowest BCUT2D eigenvalue weighted by Gasteiger charge is -2.07. The van der Waals surface area contributed by atoms with Crippen molar-refractivity contribution < 1.29 is 4.79 Å². The number of nitrogens with zero attached hydrogens (tertiary/aromatic N) is 1. The minimum atomic E-state index is -0.199. The van der Waals surface area contributed by atoms with E-state index in [2.05, 4.69) is 48.8 Å². The Morgan fingerprint density at radius 3 is 2.72 bits per heavy atom. The third-order valence-electron chi connectivity index (χ3n) is 2.17. The number of carbonyl (C=O) groups is 1. The van der Waals surface area contributed by atoms with Crippen LogP contribution in [0.15, 0.2) is 41.1 Å². The summed E-state index contributed by atoms with van der Waals surface area (Å²) in [6.45, 7) is 0. The van der Waals surface area contributed by atoms with Crippen molar-refractivity contribution in [1.82, 2.24) is 4.98 Å². The van der Waals surface area contributed by atoms with Gasteiger partial charge in [0.1, 0.15) is 4.60 Å². The number of hydrogen-bond donors (Lipinski definition) is 1. The predicted molar refractivity (Wildman–Crippen MR) is 84.1 cm³/mol. The van der Waals surface area contributed by atoms with Crippen molar-refractivity contribution in [1.29, 1.82) is 0 Å². The van der Waals surface area contributed by atoms with E-state index >= 15 is 0 Å². The van der Waals surface area contributed by atoms with E-state index in [1.807, 2.05) is 0 Å². The number of nitrogens with one attached hydrogen (secondary N) is 1.